The Morgan fingerprint density at radius 1 is 1.61 bits per heavy atom. The lowest BCUT2D eigenvalue weighted by atomic mass is 9.58. The zero-order valence-corrected chi connectivity index (χ0v) is 11.2. The summed E-state index contributed by atoms with van der Waals surface area (Å²) in [6.45, 7) is 4.31. The first-order valence-corrected chi connectivity index (χ1v) is 6.51. The van der Waals surface area contributed by atoms with E-state index >= 15 is 0 Å². The Morgan fingerprint density at radius 3 is 2.83 bits per heavy atom. The molecule has 1 aromatic heterocycles. The van der Waals surface area contributed by atoms with E-state index in [0.717, 1.165) is 19.3 Å². The summed E-state index contributed by atoms with van der Waals surface area (Å²) in [5.41, 5.74) is 0.585. The number of methoxy groups -OCH3 is 1. The second-order valence-electron chi connectivity index (χ2n) is 4.90. The second-order valence-corrected chi connectivity index (χ2v) is 4.90. The van der Waals surface area contributed by atoms with Gasteiger partial charge in [0.25, 0.3) is 5.91 Å². The van der Waals surface area contributed by atoms with E-state index in [1.54, 1.807) is 19.4 Å². The number of hydrogen-bond donors (Lipinski definition) is 2. The maximum atomic E-state index is 12.0. The number of amides is 1. The molecule has 1 heterocycles. The molecule has 0 aromatic carbocycles. The van der Waals surface area contributed by atoms with Crippen molar-refractivity contribution in [1.29, 1.82) is 0 Å². The van der Waals surface area contributed by atoms with E-state index in [9.17, 15) is 4.79 Å². The van der Waals surface area contributed by atoms with E-state index < -0.39 is 0 Å². The number of hydrogen-bond acceptors (Lipinski definition) is 3. The lowest BCUT2D eigenvalue weighted by molar-refractivity contribution is -0.120. The molecule has 1 aromatic rings. The van der Waals surface area contributed by atoms with Gasteiger partial charge in [-0.25, -0.2) is 0 Å². The molecule has 1 aliphatic carbocycles. The third-order valence-corrected chi connectivity index (χ3v) is 4.44. The molecule has 0 spiro atoms. The highest BCUT2D eigenvalue weighted by atomic mass is 16.5. The Balaban J connectivity index is 2.04. The largest absolute Gasteiger partial charge is 0.381 e. The molecule has 5 heteroatoms. The van der Waals surface area contributed by atoms with Crippen LogP contribution in [0.2, 0.25) is 0 Å². The monoisotopic (exact) mass is 251 g/mol. The van der Waals surface area contributed by atoms with Crippen LogP contribution in [0.25, 0.3) is 0 Å². The van der Waals surface area contributed by atoms with Crippen molar-refractivity contribution in [2.45, 2.75) is 45.3 Å². The third-order valence-electron chi connectivity index (χ3n) is 4.44. The molecule has 0 saturated heterocycles. The normalized spacial score (nSPS) is 25.5. The van der Waals surface area contributed by atoms with Crippen molar-refractivity contribution in [3.05, 3.63) is 18.0 Å². The van der Waals surface area contributed by atoms with E-state index in [0.29, 0.717) is 5.69 Å². The Kier molecular flexibility index (Phi) is 3.71. The lowest BCUT2D eigenvalue weighted by Gasteiger charge is -2.55. The fourth-order valence-corrected chi connectivity index (χ4v) is 3.10. The van der Waals surface area contributed by atoms with E-state index in [1.165, 1.54) is 0 Å². The molecule has 100 valence electrons. The minimum atomic E-state index is -0.0849. The summed E-state index contributed by atoms with van der Waals surface area (Å²) in [4.78, 5) is 12.0. The first-order chi connectivity index (χ1) is 8.67. The fourth-order valence-electron chi connectivity index (χ4n) is 3.10. The highest BCUT2D eigenvalue weighted by molar-refractivity contribution is 5.92. The number of aromatic amines is 1. The standard InChI is InChI=1S/C13H21N3O2/c1-4-13(5-2)10(8-11(13)18-3)15-12(17)9-6-7-14-16-9/h6-7,10-11H,4-5,8H2,1-3H3,(H,14,16)(H,15,17)/t10-,11+/m1/s1. The molecular weight excluding hydrogens is 230 g/mol. The number of nitrogens with zero attached hydrogens (tertiary/aromatic N) is 1. The molecule has 2 N–H and O–H groups in total. The minimum absolute atomic E-state index is 0.0738. The van der Waals surface area contributed by atoms with Crippen molar-refractivity contribution >= 4 is 5.91 Å². The summed E-state index contributed by atoms with van der Waals surface area (Å²) in [6.07, 6.45) is 4.74. The van der Waals surface area contributed by atoms with Gasteiger partial charge in [0, 0.05) is 24.8 Å². The molecule has 1 saturated carbocycles. The van der Waals surface area contributed by atoms with Gasteiger partial charge in [0.2, 0.25) is 0 Å². The van der Waals surface area contributed by atoms with Crippen molar-refractivity contribution in [3.8, 4) is 0 Å². The molecular formula is C13H21N3O2. The third kappa shape index (κ3) is 1.92. The van der Waals surface area contributed by atoms with Gasteiger partial charge in [-0.2, -0.15) is 5.10 Å². The topological polar surface area (TPSA) is 67.0 Å². The molecule has 2 atom stereocenters. The number of aromatic nitrogens is 2. The molecule has 0 unspecified atom stereocenters. The van der Waals surface area contributed by atoms with Gasteiger partial charge in [-0.15, -0.1) is 0 Å². The van der Waals surface area contributed by atoms with E-state index in [2.05, 4.69) is 29.4 Å². The first kappa shape index (κ1) is 13.1. The van der Waals surface area contributed by atoms with Gasteiger partial charge in [-0.3, -0.25) is 9.89 Å². The summed E-state index contributed by atoms with van der Waals surface area (Å²) in [5.74, 6) is -0.0849. The van der Waals surface area contributed by atoms with Gasteiger partial charge in [0.05, 0.1) is 6.10 Å². The van der Waals surface area contributed by atoms with Crippen molar-refractivity contribution in [3.63, 3.8) is 0 Å². The predicted octanol–water partition coefficient (Wildman–Crippen LogP) is 1.73. The summed E-state index contributed by atoms with van der Waals surface area (Å²) < 4.78 is 5.51. The quantitative estimate of drug-likeness (QED) is 0.837. The van der Waals surface area contributed by atoms with Gasteiger partial charge in [0.15, 0.2) is 0 Å². The van der Waals surface area contributed by atoms with Gasteiger partial charge < -0.3 is 10.1 Å². The van der Waals surface area contributed by atoms with Crippen LogP contribution in [-0.2, 0) is 4.74 Å². The molecule has 0 radical (unpaired) electrons. The van der Waals surface area contributed by atoms with E-state index in [4.69, 9.17) is 4.74 Å². The maximum Gasteiger partial charge on any atom is 0.269 e. The molecule has 18 heavy (non-hydrogen) atoms. The minimum Gasteiger partial charge on any atom is -0.381 e. The molecule has 1 amide bonds. The van der Waals surface area contributed by atoms with Crippen LogP contribution < -0.4 is 5.32 Å². The number of ether oxygens (including phenoxy) is 1. The van der Waals surface area contributed by atoms with Gasteiger partial charge in [-0.05, 0) is 25.3 Å². The molecule has 1 aliphatic rings. The van der Waals surface area contributed by atoms with Crippen molar-refractivity contribution in [2.75, 3.05) is 7.11 Å². The molecule has 5 nitrogen and oxygen atoms in total. The summed E-state index contributed by atoms with van der Waals surface area (Å²) in [7, 11) is 1.75. The van der Waals surface area contributed by atoms with Crippen LogP contribution in [0.1, 0.15) is 43.6 Å². The number of H-pyrrole nitrogens is 1. The second kappa shape index (κ2) is 5.10. The van der Waals surface area contributed by atoms with E-state index in [1.807, 2.05) is 0 Å². The Hall–Kier alpha value is -1.36. The average Bonchev–Trinajstić information content (AvgIpc) is 2.89. The maximum absolute atomic E-state index is 12.0. The zero-order chi connectivity index (χ0) is 13.2. The summed E-state index contributed by atoms with van der Waals surface area (Å²) >= 11 is 0. The van der Waals surface area contributed by atoms with Crippen molar-refractivity contribution in [1.82, 2.24) is 15.5 Å². The summed E-state index contributed by atoms with van der Waals surface area (Å²) in [5, 5.41) is 9.56. The Morgan fingerprint density at radius 2 is 2.33 bits per heavy atom. The summed E-state index contributed by atoms with van der Waals surface area (Å²) in [6, 6.07) is 1.87. The highest BCUT2D eigenvalue weighted by Crippen LogP contribution is 2.48. The number of nitrogens with one attached hydrogen (secondary N) is 2. The molecule has 0 aliphatic heterocycles. The SMILES string of the molecule is CCC1(CC)[C@@H](OC)C[C@H]1NC(=O)c1ccn[nH]1. The smallest absolute Gasteiger partial charge is 0.269 e. The number of carbonyl (C=O) groups is 1. The predicted molar refractivity (Wildman–Crippen MR) is 68.3 cm³/mol. The zero-order valence-electron chi connectivity index (χ0n) is 11.2. The van der Waals surface area contributed by atoms with Gasteiger partial charge in [0.1, 0.15) is 5.69 Å². The number of carbonyl (C=O) groups excluding carboxylic acids is 1. The Labute approximate surface area is 107 Å². The fraction of sp³-hybridized carbons (Fsp3) is 0.692. The van der Waals surface area contributed by atoms with Crippen LogP contribution >= 0.6 is 0 Å². The van der Waals surface area contributed by atoms with Crippen molar-refractivity contribution < 1.29 is 9.53 Å². The molecule has 1 fully saturated rings. The average molecular weight is 251 g/mol. The van der Waals surface area contributed by atoms with Crippen LogP contribution in [0.4, 0.5) is 0 Å². The molecule has 0 bridgehead atoms. The van der Waals surface area contributed by atoms with Crippen LogP contribution in [0, 0.1) is 5.41 Å². The van der Waals surface area contributed by atoms with Crippen LogP contribution in [0.3, 0.4) is 0 Å². The first-order valence-electron chi connectivity index (χ1n) is 6.51. The lowest BCUT2D eigenvalue weighted by Crippen LogP contribution is -2.64. The van der Waals surface area contributed by atoms with Crippen molar-refractivity contribution in [2.24, 2.45) is 5.41 Å². The van der Waals surface area contributed by atoms with Gasteiger partial charge in [-0.1, -0.05) is 13.8 Å². The van der Waals surface area contributed by atoms with Crippen LogP contribution in [0.15, 0.2) is 12.3 Å². The molecule has 2 rings (SSSR count). The highest BCUT2D eigenvalue weighted by Gasteiger charge is 2.53. The Bertz CT molecular complexity index is 398. The van der Waals surface area contributed by atoms with Gasteiger partial charge >= 0.3 is 0 Å². The van der Waals surface area contributed by atoms with Crippen LogP contribution in [0.5, 0.6) is 0 Å². The van der Waals surface area contributed by atoms with E-state index in [-0.39, 0.29) is 23.5 Å². The van der Waals surface area contributed by atoms with Crippen LogP contribution in [-0.4, -0.2) is 35.4 Å². The number of rotatable bonds is 5.